The van der Waals surface area contributed by atoms with E-state index in [-0.39, 0.29) is 5.78 Å². The highest BCUT2D eigenvalue weighted by Gasteiger charge is 2.23. The van der Waals surface area contributed by atoms with Crippen molar-refractivity contribution in [2.24, 2.45) is 0 Å². The highest BCUT2D eigenvalue weighted by Crippen LogP contribution is 2.21. The summed E-state index contributed by atoms with van der Waals surface area (Å²) in [4.78, 5) is 18.2. The van der Waals surface area contributed by atoms with E-state index < -0.39 is 0 Å². The Labute approximate surface area is 120 Å². The van der Waals surface area contributed by atoms with E-state index >= 15 is 0 Å². The second-order valence-corrected chi connectivity index (χ2v) is 5.73. The molecule has 5 heteroatoms. The lowest BCUT2D eigenvalue weighted by Gasteiger charge is -2.27. The van der Waals surface area contributed by atoms with Crippen LogP contribution in [0, 0.1) is 0 Å². The molecule has 1 aromatic heterocycles. The van der Waals surface area contributed by atoms with E-state index in [0.717, 1.165) is 37.5 Å². The van der Waals surface area contributed by atoms with E-state index in [4.69, 9.17) is 4.52 Å². The van der Waals surface area contributed by atoms with Crippen LogP contribution in [0.2, 0.25) is 0 Å². The van der Waals surface area contributed by atoms with Crippen molar-refractivity contribution in [2.75, 3.05) is 6.54 Å². The third-order valence-corrected chi connectivity index (χ3v) is 3.84. The van der Waals surface area contributed by atoms with Crippen molar-refractivity contribution >= 4 is 5.78 Å². The van der Waals surface area contributed by atoms with E-state index in [9.17, 15) is 4.79 Å². The first-order valence-electron chi connectivity index (χ1n) is 7.74. The SMILES string of the molecule is CCCc1nc(CN2CCCCCC2CC(C)=O)no1. The van der Waals surface area contributed by atoms with Crippen LogP contribution in [0.1, 0.15) is 64.1 Å². The molecule has 2 rings (SSSR count). The smallest absolute Gasteiger partial charge is 0.226 e. The average molecular weight is 279 g/mol. The number of carbonyl (C=O) groups is 1. The van der Waals surface area contributed by atoms with Crippen molar-refractivity contribution in [1.29, 1.82) is 0 Å². The summed E-state index contributed by atoms with van der Waals surface area (Å²) in [7, 11) is 0. The first kappa shape index (κ1) is 15.2. The third-order valence-electron chi connectivity index (χ3n) is 3.84. The van der Waals surface area contributed by atoms with Gasteiger partial charge in [-0.3, -0.25) is 9.69 Å². The van der Waals surface area contributed by atoms with Gasteiger partial charge in [0.05, 0.1) is 6.54 Å². The number of Topliss-reactive ketones (excluding diaryl/α,β-unsaturated/α-hetero) is 1. The van der Waals surface area contributed by atoms with Gasteiger partial charge in [0, 0.05) is 18.9 Å². The molecule has 0 spiro atoms. The number of likely N-dealkylation sites (tertiary alicyclic amines) is 1. The molecule has 1 aromatic rings. The topological polar surface area (TPSA) is 59.2 Å². The van der Waals surface area contributed by atoms with Gasteiger partial charge < -0.3 is 4.52 Å². The van der Waals surface area contributed by atoms with Crippen LogP contribution < -0.4 is 0 Å². The number of rotatable bonds is 6. The fourth-order valence-corrected chi connectivity index (χ4v) is 2.86. The van der Waals surface area contributed by atoms with Crippen LogP contribution in [0.3, 0.4) is 0 Å². The van der Waals surface area contributed by atoms with Gasteiger partial charge in [0.2, 0.25) is 5.89 Å². The Morgan fingerprint density at radius 2 is 2.25 bits per heavy atom. The lowest BCUT2D eigenvalue weighted by Crippen LogP contribution is -2.36. The van der Waals surface area contributed by atoms with Gasteiger partial charge >= 0.3 is 0 Å². The monoisotopic (exact) mass is 279 g/mol. The van der Waals surface area contributed by atoms with E-state index in [2.05, 4.69) is 22.0 Å². The molecule has 1 aliphatic heterocycles. The van der Waals surface area contributed by atoms with Gasteiger partial charge in [-0.25, -0.2) is 0 Å². The Hall–Kier alpha value is -1.23. The minimum Gasteiger partial charge on any atom is -0.339 e. The van der Waals surface area contributed by atoms with Crippen LogP contribution in [0.4, 0.5) is 0 Å². The summed E-state index contributed by atoms with van der Waals surface area (Å²) in [5, 5.41) is 4.06. The molecule has 0 amide bonds. The molecule has 0 N–H and O–H groups in total. The van der Waals surface area contributed by atoms with Crippen LogP contribution in [0.5, 0.6) is 0 Å². The highest BCUT2D eigenvalue weighted by molar-refractivity contribution is 5.76. The van der Waals surface area contributed by atoms with Crippen molar-refractivity contribution in [3.63, 3.8) is 0 Å². The van der Waals surface area contributed by atoms with E-state index in [1.165, 1.54) is 19.3 Å². The molecule has 20 heavy (non-hydrogen) atoms. The lowest BCUT2D eigenvalue weighted by atomic mass is 10.0. The van der Waals surface area contributed by atoms with Crippen molar-refractivity contribution < 1.29 is 9.32 Å². The zero-order valence-electron chi connectivity index (χ0n) is 12.6. The fourth-order valence-electron chi connectivity index (χ4n) is 2.86. The molecule has 1 atom stereocenters. The summed E-state index contributed by atoms with van der Waals surface area (Å²) >= 11 is 0. The maximum atomic E-state index is 11.4. The summed E-state index contributed by atoms with van der Waals surface area (Å²) in [6, 6.07) is 0.336. The Bertz CT molecular complexity index is 431. The summed E-state index contributed by atoms with van der Waals surface area (Å²) < 4.78 is 5.24. The van der Waals surface area contributed by atoms with Gasteiger partial charge in [-0.2, -0.15) is 4.98 Å². The van der Waals surface area contributed by atoms with E-state index in [1.807, 2.05) is 0 Å². The van der Waals surface area contributed by atoms with Gasteiger partial charge in [-0.15, -0.1) is 0 Å². The second kappa shape index (κ2) is 7.53. The highest BCUT2D eigenvalue weighted by atomic mass is 16.5. The molecule has 112 valence electrons. The minimum atomic E-state index is 0.265. The zero-order chi connectivity index (χ0) is 14.4. The maximum absolute atomic E-state index is 11.4. The summed E-state index contributed by atoms with van der Waals surface area (Å²) in [6.45, 7) is 5.50. The Balaban J connectivity index is 2.00. The lowest BCUT2D eigenvalue weighted by molar-refractivity contribution is -0.118. The Kier molecular flexibility index (Phi) is 5.71. The average Bonchev–Trinajstić information content (AvgIpc) is 2.72. The molecule has 0 aliphatic carbocycles. The van der Waals surface area contributed by atoms with Crippen LogP contribution >= 0.6 is 0 Å². The van der Waals surface area contributed by atoms with Crippen LogP contribution in [0.25, 0.3) is 0 Å². The van der Waals surface area contributed by atoms with Crippen LogP contribution in [0.15, 0.2) is 4.52 Å². The number of aromatic nitrogens is 2. The van der Waals surface area contributed by atoms with Crippen molar-refractivity contribution in [2.45, 2.75) is 71.4 Å². The number of ketones is 1. The molecule has 0 radical (unpaired) electrons. The van der Waals surface area contributed by atoms with E-state index in [1.54, 1.807) is 6.92 Å². The third kappa shape index (κ3) is 4.40. The van der Waals surface area contributed by atoms with E-state index in [0.29, 0.717) is 19.0 Å². The quantitative estimate of drug-likeness (QED) is 0.801. The molecular weight excluding hydrogens is 254 g/mol. The fraction of sp³-hybridized carbons (Fsp3) is 0.800. The minimum absolute atomic E-state index is 0.265. The largest absolute Gasteiger partial charge is 0.339 e. The molecule has 1 unspecified atom stereocenters. The first-order valence-corrected chi connectivity index (χ1v) is 7.74. The molecule has 2 heterocycles. The number of nitrogens with zero attached hydrogens (tertiary/aromatic N) is 3. The Morgan fingerprint density at radius 1 is 1.40 bits per heavy atom. The Morgan fingerprint density at radius 3 is 3.00 bits per heavy atom. The molecule has 0 bridgehead atoms. The number of carbonyl (C=O) groups excluding carboxylic acids is 1. The molecule has 1 saturated heterocycles. The van der Waals surface area contributed by atoms with Gasteiger partial charge in [0.15, 0.2) is 5.82 Å². The van der Waals surface area contributed by atoms with Crippen molar-refractivity contribution in [1.82, 2.24) is 15.0 Å². The summed E-state index contributed by atoms with van der Waals surface area (Å²) in [6.07, 6.45) is 7.23. The normalized spacial score (nSPS) is 20.8. The second-order valence-electron chi connectivity index (χ2n) is 5.73. The van der Waals surface area contributed by atoms with Gasteiger partial charge in [0.25, 0.3) is 0 Å². The predicted octanol–water partition coefficient (Wildman–Crippen LogP) is 2.75. The molecule has 0 aromatic carbocycles. The summed E-state index contributed by atoms with van der Waals surface area (Å²) in [5.41, 5.74) is 0. The van der Waals surface area contributed by atoms with Gasteiger partial charge in [-0.1, -0.05) is 24.9 Å². The standard InChI is InChI=1S/C15H25N3O2/c1-3-7-15-16-14(17-20-15)11-18-9-6-4-5-8-13(18)10-12(2)19/h13H,3-11H2,1-2H3. The van der Waals surface area contributed by atoms with Gasteiger partial charge in [-0.05, 0) is 32.7 Å². The molecular formula is C15H25N3O2. The van der Waals surface area contributed by atoms with Crippen molar-refractivity contribution in [3.8, 4) is 0 Å². The van der Waals surface area contributed by atoms with Crippen LogP contribution in [-0.2, 0) is 17.8 Å². The number of hydrogen-bond donors (Lipinski definition) is 0. The summed E-state index contributed by atoms with van der Waals surface area (Å²) in [5.74, 6) is 1.74. The zero-order valence-corrected chi connectivity index (χ0v) is 12.6. The predicted molar refractivity (Wildman–Crippen MR) is 76.3 cm³/mol. The maximum Gasteiger partial charge on any atom is 0.226 e. The number of aryl methyl sites for hydroxylation is 1. The first-order chi connectivity index (χ1) is 9.69. The number of hydrogen-bond acceptors (Lipinski definition) is 5. The molecule has 0 saturated carbocycles. The molecule has 1 fully saturated rings. The van der Waals surface area contributed by atoms with Crippen LogP contribution in [-0.4, -0.2) is 33.4 Å². The van der Waals surface area contributed by atoms with Crippen molar-refractivity contribution in [3.05, 3.63) is 11.7 Å². The molecule has 1 aliphatic rings. The molecule has 5 nitrogen and oxygen atoms in total. The van der Waals surface area contributed by atoms with Gasteiger partial charge in [0.1, 0.15) is 5.78 Å².